The van der Waals surface area contributed by atoms with E-state index in [4.69, 9.17) is 0 Å². The zero-order chi connectivity index (χ0) is 12.4. The van der Waals surface area contributed by atoms with Crippen molar-refractivity contribution in [3.05, 3.63) is 35.0 Å². The predicted molar refractivity (Wildman–Crippen MR) is 62.1 cm³/mol. The van der Waals surface area contributed by atoms with E-state index in [2.05, 4.69) is 30.9 Å². The average molecular weight is 246 g/mol. The van der Waals surface area contributed by atoms with Crippen molar-refractivity contribution >= 4 is 11.5 Å². The Balaban J connectivity index is 1.70. The minimum atomic E-state index is -0.357. The maximum Gasteiger partial charge on any atom is 0.364 e. The number of anilines is 1. The second-order valence-electron chi connectivity index (χ2n) is 3.61. The lowest BCUT2D eigenvalue weighted by Crippen LogP contribution is -2.16. The average Bonchev–Trinajstić information content (AvgIpc) is 3.01. The van der Waals surface area contributed by atoms with Crippen LogP contribution in [0.3, 0.4) is 0 Å². The van der Waals surface area contributed by atoms with E-state index in [1.165, 1.54) is 4.52 Å². The van der Waals surface area contributed by atoms with Crippen molar-refractivity contribution in [1.82, 2.24) is 34.8 Å². The first-order valence-corrected chi connectivity index (χ1v) is 5.35. The molecule has 0 bridgehead atoms. The summed E-state index contributed by atoms with van der Waals surface area (Å²) in [5, 5.41) is 20.9. The molecule has 0 aliphatic heterocycles. The highest BCUT2D eigenvalue weighted by molar-refractivity contribution is 5.42. The van der Waals surface area contributed by atoms with Crippen LogP contribution in [0.1, 0.15) is 0 Å². The van der Waals surface area contributed by atoms with Crippen molar-refractivity contribution in [3.8, 4) is 0 Å². The first-order valence-electron chi connectivity index (χ1n) is 5.35. The number of fused-ring (bicyclic) bond motifs is 1. The molecule has 0 atom stereocenters. The van der Waals surface area contributed by atoms with Crippen LogP contribution in [0.5, 0.6) is 0 Å². The molecule has 3 rings (SSSR count). The fourth-order valence-corrected chi connectivity index (χ4v) is 1.55. The van der Waals surface area contributed by atoms with Crippen LogP contribution in [0, 0.1) is 0 Å². The molecule has 0 aliphatic carbocycles. The van der Waals surface area contributed by atoms with Crippen molar-refractivity contribution in [2.75, 3.05) is 11.9 Å². The maximum absolute atomic E-state index is 11.3. The molecule has 0 saturated carbocycles. The predicted octanol–water partition coefficient (Wildman–Crippen LogP) is -0.879. The number of hydrogen-bond donors (Lipinski definition) is 2. The highest BCUT2D eigenvalue weighted by atomic mass is 16.2. The van der Waals surface area contributed by atoms with Crippen molar-refractivity contribution in [2.45, 2.75) is 6.54 Å². The Kier molecular flexibility index (Phi) is 2.48. The van der Waals surface area contributed by atoms with Gasteiger partial charge in [0, 0.05) is 12.7 Å². The van der Waals surface area contributed by atoms with E-state index >= 15 is 0 Å². The van der Waals surface area contributed by atoms with Gasteiger partial charge in [0.05, 0.1) is 12.7 Å². The summed E-state index contributed by atoms with van der Waals surface area (Å²) in [6.45, 7) is 1.30. The van der Waals surface area contributed by atoms with Crippen LogP contribution in [0.4, 0.5) is 5.82 Å². The zero-order valence-electron chi connectivity index (χ0n) is 9.32. The van der Waals surface area contributed by atoms with E-state index < -0.39 is 0 Å². The lowest BCUT2D eigenvalue weighted by Gasteiger charge is -2.04. The van der Waals surface area contributed by atoms with Gasteiger partial charge >= 0.3 is 5.69 Å². The van der Waals surface area contributed by atoms with Gasteiger partial charge in [-0.15, -0.1) is 10.2 Å². The topological polar surface area (TPSA) is 106 Å². The number of rotatable bonds is 4. The lowest BCUT2D eigenvalue weighted by molar-refractivity contribution is 0.607. The Hall–Kier alpha value is -2.71. The minimum Gasteiger partial charge on any atom is -0.367 e. The van der Waals surface area contributed by atoms with Gasteiger partial charge in [0.1, 0.15) is 5.82 Å². The second kappa shape index (κ2) is 4.28. The zero-order valence-corrected chi connectivity index (χ0v) is 9.32. The standard InChI is InChI=1S/C9H10N8O/c18-9-13-12-8-2-1-7(14-17(8)9)10-3-5-16-6-4-11-15-16/h1-2,4,6H,3,5H2,(H,10,14)(H,13,18). The summed E-state index contributed by atoms with van der Waals surface area (Å²) in [4.78, 5) is 11.3. The Morgan fingerprint density at radius 2 is 2.33 bits per heavy atom. The molecule has 0 saturated heterocycles. The summed E-state index contributed by atoms with van der Waals surface area (Å²) < 4.78 is 2.91. The summed E-state index contributed by atoms with van der Waals surface area (Å²) in [5.74, 6) is 0.603. The Morgan fingerprint density at radius 3 is 3.17 bits per heavy atom. The first kappa shape index (κ1) is 10.4. The van der Waals surface area contributed by atoms with Gasteiger partial charge < -0.3 is 5.32 Å². The molecule has 0 fully saturated rings. The number of nitrogens with one attached hydrogen (secondary N) is 2. The van der Waals surface area contributed by atoms with Gasteiger partial charge in [-0.25, -0.2) is 9.89 Å². The van der Waals surface area contributed by atoms with Crippen LogP contribution in [-0.2, 0) is 6.54 Å². The van der Waals surface area contributed by atoms with Gasteiger partial charge in [0.15, 0.2) is 5.65 Å². The van der Waals surface area contributed by atoms with E-state index in [-0.39, 0.29) is 5.69 Å². The summed E-state index contributed by atoms with van der Waals surface area (Å²) in [6, 6.07) is 3.47. The molecule has 0 aliphatic rings. The SMILES string of the molecule is O=c1[nH]nc2ccc(NCCn3ccnn3)nn12. The van der Waals surface area contributed by atoms with Gasteiger partial charge in [0.25, 0.3) is 0 Å². The molecule has 3 aromatic heterocycles. The third-order valence-electron chi connectivity index (χ3n) is 2.39. The smallest absolute Gasteiger partial charge is 0.364 e. The molecule has 18 heavy (non-hydrogen) atoms. The van der Waals surface area contributed by atoms with Gasteiger partial charge in [-0.2, -0.15) is 9.61 Å². The van der Waals surface area contributed by atoms with Gasteiger partial charge in [-0.1, -0.05) is 5.21 Å². The third kappa shape index (κ3) is 1.93. The van der Waals surface area contributed by atoms with E-state index in [0.717, 1.165) is 0 Å². The minimum absolute atomic E-state index is 0.357. The highest BCUT2D eigenvalue weighted by Gasteiger charge is 2.02. The maximum atomic E-state index is 11.3. The van der Waals surface area contributed by atoms with Crippen LogP contribution >= 0.6 is 0 Å². The van der Waals surface area contributed by atoms with Crippen molar-refractivity contribution in [1.29, 1.82) is 0 Å². The van der Waals surface area contributed by atoms with Crippen molar-refractivity contribution in [3.63, 3.8) is 0 Å². The molecule has 9 heteroatoms. The van der Waals surface area contributed by atoms with Crippen LogP contribution < -0.4 is 11.0 Å². The first-order chi connectivity index (χ1) is 8.83. The fourth-order valence-electron chi connectivity index (χ4n) is 1.55. The van der Waals surface area contributed by atoms with Crippen LogP contribution in [0.2, 0.25) is 0 Å². The monoisotopic (exact) mass is 246 g/mol. The summed E-state index contributed by atoms with van der Waals surface area (Å²) in [6.07, 6.45) is 3.40. The molecule has 3 heterocycles. The summed E-state index contributed by atoms with van der Waals surface area (Å²) in [7, 11) is 0. The van der Waals surface area contributed by atoms with Crippen LogP contribution in [0.15, 0.2) is 29.3 Å². The molecule has 0 radical (unpaired) electrons. The van der Waals surface area contributed by atoms with Crippen molar-refractivity contribution in [2.24, 2.45) is 0 Å². The Labute approximate surface area is 100 Å². The third-order valence-corrected chi connectivity index (χ3v) is 2.39. The number of aromatic amines is 1. The molecular formula is C9H10N8O. The molecule has 0 aromatic carbocycles. The quantitative estimate of drug-likeness (QED) is 0.619. The summed E-state index contributed by atoms with van der Waals surface area (Å²) in [5.41, 5.74) is 0.131. The van der Waals surface area contributed by atoms with Crippen molar-refractivity contribution < 1.29 is 0 Å². The van der Waals surface area contributed by atoms with E-state index in [1.807, 2.05) is 0 Å². The molecule has 0 spiro atoms. The number of hydrogen-bond acceptors (Lipinski definition) is 6. The van der Waals surface area contributed by atoms with Gasteiger partial charge in [-0.3, -0.25) is 4.68 Å². The second-order valence-corrected chi connectivity index (χ2v) is 3.61. The van der Waals surface area contributed by atoms with Gasteiger partial charge in [0.2, 0.25) is 0 Å². The fraction of sp³-hybridized carbons (Fsp3) is 0.222. The molecule has 0 amide bonds. The van der Waals surface area contributed by atoms with E-state index in [9.17, 15) is 4.79 Å². The number of aromatic nitrogens is 7. The highest BCUT2D eigenvalue weighted by Crippen LogP contribution is 2.02. The van der Waals surface area contributed by atoms with E-state index in [1.54, 1.807) is 29.2 Å². The van der Waals surface area contributed by atoms with Crippen LogP contribution in [0.25, 0.3) is 5.65 Å². The Bertz CT molecular complexity index is 697. The molecule has 0 unspecified atom stereocenters. The lowest BCUT2D eigenvalue weighted by atomic mass is 10.5. The van der Waals surface area contributed by atoms with Crippen LogP contribution in [-0.4, -0.2) is 41.4 Å². The van der Waals surface area contributed by atoms with E-state index in [0.29, 0.717) is 24.6 Å². The molecule has 3 aromatic rings. The normalized spacial score (nSPS) is 10.9. The number of nitrogens with zero attached hydrogens (tertiary/aromatic N) is 6. The number of H-pyrrole nitrogens is 1. The molecular weight excluding hydrogens is 236 g/mol. The molecule has 9 nitrogen and oxygen atoms in total. The summed E-state index contributed by atoms with van der Waals surface area (Å²) >= 11 is 0. The largest absolute Gasteiger partial charge is 0.367 e. The molecule has 2 N–H and O–H groups in total. The van der Waals surface area contributed by atoms with Gasteiger partial charge in [-0.05, 0) is 12.1 Å². The Morgan fingerprint density at radius 1 is 1.39 bits per heavy atom. The molecule has 92 valence electrons.